The number of hydrogen-bond donors (Lipinski definition) is 3. The molecule has 0 fully saturated rings. The molecule has 0 radical (unpaired) electrons. The van der Waals surface area contributed by atoms with Crippen LogP contribution in [-0.2, 0) is 21.0 Å². The standard InChI is InChI=1S/C20H24N3O5PS/c1-20(21,14-28-29(24,25)26)19-23-22-18(30-19)16-9-11-17(12-10-16)27-13-5-8-15-6-3-2-4-7-15/h2-4,6-7,9-12H,5,8,13-14,21H2,1H3,(H2,24,25,26)/t20-/m0/s1. The van der Waals surface area contributed by atoms with Crippen molar-refractivity contribution >= 4 is 19.2 Å². The zero-order chi connectivity index (χ0) is 21.6. The van der Waals surface area contributed by atoms with Crippen molar-refractivity contribution in [2.45, 2.75) is 25.3 Å². The number of phosphoric acid groups is 1. The Balaban J connectivity index is 1.54. The van der Waals surface area contributed by atoms with E-state index in [0.29, 0.717) is 16.6 Å². The van der Waals surface area contributed by atoms with Gasteiger partial charge >= 0.3 is 7.82 Å². The predicted octanol–water partition coefficient (Wildman–Crippen LogP) is 3.50. The summed E-state index contributed by atoms with van der Waals surface area (Å²) >= 11 is 1.25. The second-order valence-electron chi connectivity index (χ2n) is 7.06. The van der Waals surface area contributed by atoms with Gasteiger partial charge in [0.25, 0.3) is 0 Å². The van der Waals surface area contributed by atoms with Crippen LogP contribution in [-0.4, -0.2) is 33.2 Å². The summed E-state index contributed by atoms with van der Waals surface area (Å²) < 4.78 is 21.2. The van der Waals surface area contributed by atoms with E-state index in [-0.39, 0.29) is 6.61 Å². The molecule has 0 aliphatic carbocycles. The smallest absolute Gasteiger partial charge is 0.469 e. The molecule has 0 aliphatic rings. The molecular formula is C20H24N3O5PS. The van der Waals surface area contributed by atoms with Gasteiger partial charge in [-0.05, 0) is 49.6 Å². The number of nitrogens with zero attached hydrogens (tertiary/aromatic N) is 2. The Hall–Kier alpha value is -2.13. The van der Waals surface area contributed by atoms with E-state index in [4.69, 9.17) is 20.3 Å². The van der Waals surface area contributed by atoms with Gasteiger partial charge in [0.1, 0.15) is 15.8 Å². The maximum absolute atomic E-state index is 10.9. The second-order valence-corrected chi connectivity index (χ2v) is 9.27. The highest BCUT2D eigenvalue weighted by molar-refractivity contribution is 7.46. The molecule has 0 unspecified atom stereocenters. The average Bonchev–Trinajstić information content (AvgIpc) is 3.22. The Morgan fingerprint density at radius 1 is 1.10 bits per heavy atom. The number of ether oxygens (including phenoxy) is 1. The third-order valence-electron chi connectivity index (χ3n) is 4.27. The third-order valence-corrected chi connectivity index (χ3v) is 5.99. The fourth-order valence-corrected chi connectivity index (χ4v) is 3.98. The van der Waals surface area contributed by atoms with Crippen LogP contribution in [0.25, 0.3) is 10.6 Å². The van der Waals surface area contributed by atoms with E-state index in [0.717, 1.165) is 24.2 Å². The summed E-state index contributed by atoms with van der Waals surface area (Å²) in [7, 11) is -4.61. The first-order valence-corrected chi connectivity index (χ1v) is 11.7. The summed E-state index contributed by atoms with van der Waals surface area (Å²) in [6.45, 7) is 1.84. The molecule has 160 valence electrons. The molecule has 2 aromatic carbocycles. The topological polar surface area (TPSA) is 128 Å². The van der Waals surface area contributed by atoms with Crippen molar-refractivity contribution in [3.8, 4) is 16.3 Å². The fourth-order valence-electron chi connectivity index (χ4n) is 2.66. The molecule has 10 heteroatoms. The number of rotatable bonds is 10. The van der Waals surface area contributed by atoms with E-state index in [1.54, 1.807) is 6.92 Å². The lowest BCUT2D eigenvalue weighted by atomic mass is 10.1. The molecule has 3 aromatic rings. The molecule has 1 heterocycles. The van der Waals surface area contributed by atoms with Gasteiger partial charge in [-0.15, -0.1) is 10.2 Å². The van der Waals surface area contributed by atoms with Gasteiger partial charge in [0.15, 0.2) is 0 Å². The quantitative estimate of drug-likeness (QED) is 0.317. The second kappa shape index (κ2) is 9.78. The van der Waals surface area contributed by atoms with Crippen LogP contribution in [0.1, 0.15) is 23.9 Å². The Morgan fingerprint density at radius 2 is 1.80 bits per heavy atom. The van der Waals surface area contributed by atoms with Crippen LogP contribution >= 0.6 is 19.2 Å². The molecule has 0 amide bonds. The van der Waals surface area contributed by atoms with Gasteiger partial charge in [0.05, 0.1) is 18.8 Å². The first-order chi connectivity index (χ1) is 14.2. The summed E-state index contributed by atoms with van der Waals surface area (Å²) in [5.41, 5.74) is 7.06. The zero-order valence-corrected chi connectivity index (χ0v) is 18.2. The van der Waals surface area contributed by atoms with Crippen molar-refractivity contribution in [2.24, 2.45) is 5.73 Å². The molecule has 8 nitrogen and oxygen atoms in total. The maximum Gasteiger partial charge on any atom is 0.469 e. The SMILES string of the molecule is C[C@](N)(COP(=O)(O)O)c1nnc(-c2ccc(OCCCc3ccccc3)cc2)s1. The van der Waals surface area contributed by atoms with E-state index < -0.39 is 13.4 Å². The fraction of sp³-hybridized carbons (Fsp3) is 0.300. The largest absolute Gasteiger partial charge is 0.494 e. The first-order valence-electron chi connectivity index (χ1n) is 9.33. The van der Waals surface area contributed by atoms with Crippen LogP contribution in [0, 0.1) is 0 Å². The Morgan fingerprint density at radius 3 is 2.47 bits per heavy atom. The number of aryl methyl sites for hydroxylation is 1. The maximum atomic E-state index is 10.9. The van der Waals surface area contributed by atoms with Crippen LogP contribution in [0.2, 0.25) is 0 Å². The van der Waals surface area contributed by atoms with Gasteiger partial charge in [0, 0.05) is 5.56 Å². The molecule has 0 aliphatic heterocycles. The minimum absolute atomic E-state index is 0.373. The molecule has 0 spiro atoms. The molecule has 0 bridgehead atoms. The predicted molar refractivity (Wildman–Crippen MR) is 115 cm³/mol. The highest BCUT2D eigenvalue weighted by Gasteiger charge is 2.30. The van der Waals surface area contributed by atoms with Crippen LogP contribution in [0.3, 0.4) is 0 Å². The Bertz CT molecular complexity index is 989. The van der Waals surface area contributed by atoms with Gasteiger partial charge in [0.2, 0.25) is 0 Å². The van der Waals surface area contributed by atoms with Crippen molar-refractivity contribution in [3.63, 3.8) is 0 Å². The molecule has 0 saturated carbocycles. The summed E-state index contributed by atoms with van der Waals surface area (Å²) in [5.74, 6) is 0.773. The van der Waals surface area contributed by atoms with Gasteiger partial charge in [-0.3, -0.25) is 4.52 Å². The monoisotopic (exact) mass is 449 g/mol. The highest BCUT2D eigenvalue weighted by Crippen LogP contribution is 2.38. The molecular weight excluding hydrogens is 425 g/mol. The number of nitrogens with two attached hydrogens (primary N) is 1. The summed E-state index contributed by atoms with van der Waals surface area (Å²) in [6.07, 6.45) is 1.90. The summed E-state index contributed by atoms with van der Waals surface area (Å²) in [4.78, 5) is 17.7. The highest BCUT2D eigenvalue weighted by atomic mass is 32.1. The number of aromatic nitrogens is 2. The summed E-state index contributed by atoms with van der Waals surface area (Å²) in [6, 6.07) is 17.8. The van der Waals surface area contributed by atoms with Crippen molar-refractivity contribution < 1.29 is 23.6 Å². The lowest BCUT2D eigenvalue weighted by Crippen LogP contribution is -2.37. The van der Waals surface area contributed by atoms with Gasteiger partial charge < -0.3 is 20.3 Å². The minimum Gasteiger partial charge on any atom is -0.494 e. The molecule has 1 aromatic heterocycles. The minimum atomic E-state index is -4.61. The first kappa shape index (κ1) is 22.6. The zero-order valence-electron chi connectivity index (χ0n) is 16.5. The van der Waals surface area contributed by atoms with Crippen molar-refractivity contribution in [2.75, 3.05) is 13.2 Å². The van der Waals surface area contributed by atoms with E-state index in [1.807, 2.05) is 42.5 Å². The van der Waals surface area contributed by atoms with E-state index >= 15 is 0 Å². The lowest BCUT2D eigenvalue weighted by molar-refractivity contribution is 0.158. The van der Waals surface area contributed by atoms with Crippen LogP contribution in [0.4, 0.5) is 0 Å². The number of phosphoric ester groups is 1. The molecule has 0 saturated heterocycles. The normalized spacial score (nSPS) is 13.7. The van der Waals surface area contributed by atoms with Crippen molar-refractivity contribution in [1.82, 2.24) is 10.2 Å². The Labute approximate surface area is 178 Å². The van der Waals surface area contributed by atoms with E-state index in [2.05, 4.69) is 26.9 Å². The molecule has 4 N–H and O–H groups in total. The van der Waals surface area contributed by atoms with Gasteiger partial charge in [-0.2, -0.15) is 0 Å². The van der Waals surface area contributed by atoms with Gasteiger partial charge in [-0.25, -0.2) is 4.57 Å². The van der Waals surface area contributed by atoms with Crippen LogP contribution < -0.4 is 10.5 Å². The summed E-state index contributed by atoms with van der Waals surface area (Å²) in [5, 5.41) is 9.26. The van der Waals surface area contributed by atoms with Crippen LogP contribution in [0.5, 0.6) is 5.75 Å². The Kier molecular flexibility index (Phi) is 7.36. The molecule has 30 heavy (non-hydrogen) atoms. The molecule has 3 rings (SSSR count). The number of hydrogen-bond acceptors (Lipinski definition) is 7. The van der Waals surface area contributed by atoms with Crippen LogP contribution in [0.15, 0.2) is 54.6 Å². The van der Waals surface area contributed by atoms with Crippen molar-refractivity contribution in [3.05, 3.63) is 65.2 Å². The lowest BCUT2D eigenvalue weighted by Gasteiger charge is -2.21. The average molecular weight is 449 g/mol. The molecule has 1 atom stereocenters. The van der Waals surface area contributed by atoms with E-state index in [9.17, 15) is 4.57 Å². The van der Waals surface area contributed by atoms with Gasteiger partial charge in [-0.1, -0.05) is 41.7 Å². The van der Waals surface area contributed by atoms with E-state index in [1.165, 1.54) is 16.9 Å². The van der Waals surface area contributed by atoms with Crippen molar-refractivity contribution in [1.29, 1.82) is 0 Å². The third kappa shape index (κ3) is 6.70. The number of benzene rings is 2.